The molecule has 2 rings (SSSR count). The van der Waals surface area contributed by atoms with Crippen molar-refractivity contribution in [2.24, 2.45) is 5.73 Å². The van der Waals surface area contributed by atoms with Gasteiger partial charge in [0.1, 0.15) is 6.61 Å². The van der Waals surface area contributed by atoms with E-state index in [1.807, 2.05) is 0 Å². The van der Waals surface area contributed by atoms with Gasteiger partial charge in [0, 0.05) is 6.04 Å². The van der Waals surface area contributed by atoms with Crippen molar-refractivity contribution in [3.63, 3.8) is 0 Å². The van der Waals surface area contributed by atoms with Crippen molar-refractivity contribution in [2.75, 3.05) is 0 Å². The second-order valence-electron chi connectivity index (χ2n) is 3.74. The van der Waals surface area contributed by atoms with Gasteiger partial charge in [0.2, 0.25) is 0 Å². The summed E-state index contributed by atoms with van der Waals surface area (Å²) in [7, 11) is 0. The van der Waals surface area contributed by atoms with E-state index in [4.69, 9.17) is 15.0 Å². The molecule has 1 saturated carbocycles. The van der Waals surface area contributed by atoms with Crippen molar-refractivity contribution in [1.29, 1.82) is 0 Å². The molecule has 1 aromatic rings. The first-order valence-corrected chi connectivity index (χ1v) is 4.90. The normalized spacial score (nSPS) is 27.0. The Morgan fingerprint density at radius 3 is 3.00 bits per heavy atom. The standard InChI is InChI=1S/C9H15N3O2/c1-6-11-9(14-12-6)5-13-8-3-2-7(10)4-8/h7-8H,2-5,10H2,1H3. The van der Waals surface area contributed by atoms with Crippen molar-refractivity contribution >= 4 is 0 Å². The fourth-order valence-corrected chi connectivity index (χ4v) is 1.71. The molecule has 0 amide bonds. The first kappa shape index (κ1) is 9.61. The maximum absolute atomic E-state index is 5.77. The van der Waals surface area contributed by atoms with Gasteiger partial charge in [-0.2, -0.15) is 4.98 Å². The second-order valence-corrected chi connectivity index (χ2v) is 3.74. The zero-order chi connectivity index (χ0) is 9.97. The van der Waals surface area contributed by atoms with E-state index < -0.39 is 0 Å². The summed E-state index contributed by atoms with van der Waals surface area (Å²) in [5, 5.41) is 3.69. The fraction of sp³-hybridized carbons (Fsp3) is 0.778. The lowest BCUT2D eigenvalue weighted by Crippen LogP contribution is -2.17. The number of aryl methyl sites for hydroxylation is 1. The Morgan fingerprint density at radius 1 is 1.57 bits per heavy atom. The van der Waals surface area contributed by atoms with Gasteiger partial charge < -0.3 is 15.0 Å². The van der Waals surface area contributed by atoms with Crippen LogP contribution in [0.15, 0.2) is 4.52 Å². The fourth-order valence-electron chi connectivity index (χ4n) is 1.71. The Labute approximate surface area is 82.6 Å². The van der Waals surface area contributed by atoms with Crippen molar-refractivity contribution in [2.45, 2.75) is 44.9 Å². The van der Waals surface area contributed by atoms with Crippen LogP contribution in [0.5, 0.6) is 0 Å². The maximum Gasteiger partial charge on any atom is 0.252 e. The first-order chi connectivity index (χ1) is 6.74. The molecule has 1 aliphatic rings. The smallest absolute Gasteiger partial charge is 0.252 e. The Kier molecular flexibility index (Phi) is 2.79. The highest BCUT2D eigenvalue weighted by atomic mass is 16.5. The van der Waals surface area contributed by atoms with Crippen LogP contribution in [0.3, 0.4) is 0 Å². The van der Waals surface area contributed by atoms with E-state index in [9.17, 15) is 0 Å². The van der Waals surface area contributed by atoms with Crippen LogP contribution in [0.1, 0.15) is 31.0 Å². The van der Waals surface area contributed by atoms with Gasteiger partial charge in [-0.1, -0.05) is 5.16 Å². The summed E-state index contributed by atoms with van der Waals surface area (Å²) in [5.41, 5.74) is 5.77. The molecule has 1 aromatic heterocycles. The van der Waals surface area contributed by atoms with Crippen LogP contribution in [0, 0.1) is 6.92 Å². The molecule has 0 aliphatic heterocycles. The summed E-state index contributed by atoms with van der Waals surface area (Å²) in [5.74, 6) is 1.19. The monoisotopic (exact) mass is 197 g/mol. The molecule has 14 heavy (non-hydrogen) atoms. The lowest BCUT2D eigenvalue weighted by molar-refractivity contribution is 0.0298. The van der Waals surface area contributed by atoms with Crippen molar-refractivity contribution in [1.82, 2.24) is 10.1 Å². The second kappa shape index (κ2) is 4.06. The predicted molar refractivity (Wildman–Crippen MR) is 49.4 cm³/mol. The lowest BCUT2D eigenvalue weighted by atomic mass is 10.3. The molecule has 1 heterocycles. The van der Waals surface area contributed by atoms with Crippen molar-refractivity contribution < 1.29 is 9.26 Å². The molecule has 78 valence electrons. The molecule has 5 heteroatoms. The van der Waals surface area contributed by atoms with E-state index in [0.29, 0.717) is 24.4 Å². The van der Waals surface area contributed by atoms with Gasteiger partial charge in [0.15, 0.2) is 5.82 Å². The molecule has 0 radical (unpaired) electrons. The Morgan fingerprint density at radius 2 is 2.43 bits per heavy atom. The van der Waals surface area contributed by atoms with E-state index in [1.165, 1.54) is 0 Å². The van der Waals surface area contributed by atoms with Crippen LogP contribution in [-0.2, 0) is 11.3 Å². The van der Waals surface area contributed by atoms with Crippen molar-refractivity contribution in [3.05, 3.63) is 11.7 Å². The third-order valence-corrected chi connectivity index (χ3v) is 2.44. The molecular formula is C9H15N3O2. The summed E-state index contributed by atoms with van der Waals surface area (Å²) < 4.78 is 10.5. The quantitative estimate of drug-likeness (QED) is 0.774. The average Bonchev–Trinajstić information content (AvgIpc) is 2.72. The van der Waals surface area contributed by atoms with Gasteiger partial charge in [0.25, 0.3) is 5.89 Å². The van der Waals surface area contributed by atoms with E-state index in [2.05, 4.69) is 10.1 Å². The van der Waals surface area contributed by atoms with E-state index in [-0.39, 0.29) is 6.10 Å². The predicted octanol–water partition coefficient (Wildman–Crippen LogP) is 0.774. The molecule has 0 aromatic carbocycles. The number of ether oxygens (including phenoxy) is 1. The van der Waals surface area contributed by atoms with Crippen LogP contribution in [0.25, 0.3) is 0 Å². The number of hydrogen-bond donors (Lipinski definition) is 1. The molecular weight excluding hydrogens is 182 g/mol. The number of hydrogen-bond acceptors (Lipinski definition) is 5. The summed E-state index contributed by atoms with van der Waals surface area (Å²) in [4.78, 5) is 4.06. The molecule has 0 saturated heterocycles. The first-order valence-electron chi connectivity index (χ1n) is 4.90. The maximum atomic E-state index is 5.77. The third-order valence-electron chi connectivity index (χ3n) is 2.44. The van der Waals surface area contributed by atoms with Gasteiger partial charge >= 0.3 is 0 Å². The molecule has 1 fully saturated rings. The Balaban J connectivity index is 1.77. The number of aromatic nitrogens is 2. The van der Waals surface area contributed by atoms with E-state index in [1.54, 1.807) is 6.92 Å². The number of rotatable bonds is 3. The van der Waals surface area contributed by atoms with Crippen LogP contribution < -0.4 is 5.73 Å². The van der Waals surface area contributed by atoms with E-state index in [0.717, 1.165) is 19.3 Å². The van der Waals surface area contributed by atoms with Gasteiger partial charge in [-0.05, 0) is 26.2 Å². The van der Waals surface area contributed by atoms with Gasteiger partial charge in [-0.3, -0.25) is 0 Å². The Bertz CT molecular complexity index is 300. The van der Waals surface area contributed by atoms with Gasteiger partial charge in [-0.15, -0.1) is 0 Å². The summed E-state index contributed by atoms with van der Waals surface area (Å²) in [6.45, 7) is 2.19. The van der Waals surface area contributed by atoms with Crippen LogP contribution in [0.4, 0.5) is 0 Å². The summed E-state index contributed by atoms with van der Waals surface area (Å²) in [6, 6.07) is 0.296. The zero-order valence-electron chi connectivity index (χ0n) is 8.27. The topological polar surface area (TPSA) is 74.2 Å². The van der Waals surface area contributed by atoms with Crippen LogP contribution in [-0.4, -0.2) is 22.3 Å². The highest BCUT2D eigenvalue weighted by Crippen LogP contribution is 2.21. The molecule has 2 atom stereocenters. The van der Waals surface area contributed by atoms with Gasteiger partial charge in [-0.25, -0.2) is 0 Å². The minimum Gasteiger partial charge on any atom is -0.368 e. The third kappa shape index (κ3) is 2.30. The van der Waals surface area contributed by atoms with Gasteiger partial charge in [0.05, 0.1) is 6.10 Å². The highest BCUT2D eigenvalue weighted by Gasteiger charge is 2.22. The van der Waals surface area contributed by atoms with Crippen LogP contribution >= 0.6 is 0 Å². The minimum absolute atomic E-state index is 0.261. The Hall–Kier alpha value is -0.940. The molecule has 2 unspecified atom stereocenters. The zero-order valence-corrected chi connectivity index (χ0v) is 8.27. The highest BCUT2D eigenvalue weighted by molar-refractivity contribution is 4.82. The SMILES string of the molecule is Cc1noc(COC2CCC(N)C2)n1. The largest absolute Gasteiger partial charge is 0.368 e. The average molecular weight is 197 g/mol. The lowest BCUT2D eigenvalue weighted by Gasteiger charge is -2.08. The number of nitrogens with two attached hydrogens (primary N) is 1. The molecule has 0 spiro atoms. The van der Waals surface area contributed by atoms with Crippen molar-refractivity contribution in [3.8, 4) is 0 Å². The molecule has 2 N–H and O–H groups in total. The summed E-state index contributed by atoms with van der Waals surface area (Å²) in [6.07, 6.45) is 3.28. The number of nitrogens with zero attached hydrogens (tertiary/aromatic N) is 2. The van der Waals surface area contributed by atoms with E-state index >= 15 is 0 Å². The molecule has 1 aliphatic carbocycles. The van der Waals surface area contributed by atoms with Crippen LogP contribution in [0.2, 0.25) is 0 Å². The minimum atomic E-state index is 0.261. The molecule has 0 bridgehead atoms. The molecule has 5 nitrogen and oxygen atoms in total. The summed E-state index contributed by atoms with van der Waals surface area (Å²) >= 11 is 0.